The summed E-state index contributed by atoms with van der Waals surface area (Å²) in [5, 5.41) is 0. The Hall–Kier alpha value is -3.93. The van der Waals surface area contributed by atoms with E-state index in [2.05, 4.69) is 130 Å². The van der Waals surface area contributed by atoms with Gasteiger partial charge in [-0.2, -0.15) is 0 Å². The van der Waals surface area contributed by atoms with Gasteiger partial charge < -0.3 is 14.2 Å². The van der Waals surface area contributed by atoms with Crippen LogP contribution in [0.5, 0.6) is 0 Å². The fourth-order valence-electron chi connectivity index (χ4n) is 7.23. The molecule has 0 rings (SSSR count). The largest absolute Gasteiger partial charge is 0.462 e. The molecule has 0 aromatic carbocycles. The maximum atomic E-state index is 12.8. The highest BCUT2D eigenvalue weighted by atomic mass is 16.6. The van der Waals surface area contributed by atoms with Gasteiger partial charge >= 0.3 is 17.9 Å². The highest BCUT2D eigenvalue weighted by molar-refractivity contribution is 5.71. The number of allylic oxidation sites excluding steroid dienone is 18. The van der Waals surface area contributed by atoms with Crippen molar-refractivity contribution in [3.05, 3.63) is 109 Å². The van der Waals surface area contributed by atoms with E-state index in [0.717, 1.165) is 103 Å². The number of esters is 3. The molecule has 0 radical (unpaired) electrons. The lowest BCUT2D eigenvalue weighted by Gasteiger charge is -2.18. The maximum absolute atomic E-state index is 12.8. The van der Waals surface area contributed by atoms with Crippen molar-refractivity contribution in [3.63, 3.8) is 0 Å². The lowest BCUT2D eigenvalue weighted by Crippen LogP contribution is -2.30. The van der Waals surface area contributed by atoms with Crippen molar-refractivity contribution in [1.29, 1.82) is 0 Å². The van der Waals surface area contributed by atoms with Gasteiger partial charge in [-0.25, -0.2) is 0 Å². The molecule has 0 aliphatic carbocycles. The highest BCUT2D eigenvalue weighted by Crippen LogP contribution is 2.14. The highest BCUT2D eigenvalue weighted by Gasteiger charge is 2.19. The van der Waals surface area contributed by atoms with E-state index in [0.29, 0.717) is 19.3 Å². The normalized spacial score (nSPS) is 12.9. The Labute approximate surface area is 412 Å². The SMILES string of the molecule is CC/C=C\C/C=C\C/C=C\C/C=C\C/C=C\CCCC(=O)OC(COC(=O)CCCCCCCCCCC)COC(=O)CCCCCCCCCCCC/C=C\C/C=C\C/C=C\C/C=C\CC. The first-order chi connectivity index (χ1) is 33.0. The van der Waals surface area contributed by atoms with Gasteiger partial charge in [0.1, 0.15) is 13.2 Å². The van der Waals surface area contributed by atoms with E-state index in [-0.39, 0.29) is 37.5 Å². The molecule has 1 unspecified atom stereocenters. The summed E-state index contributed by atoms with van der Waals surface area (Å²) in [6.07, 6.45) is 73.8. The molecular weight excluding hydrogens is 829 g/mol. The molecule has 0 aromatic rings. The van der Waals surface area contributed by atoms with Crippen molar-refractivity contribution >= 4 is 17.9 Å². The first kappa shape index (κ1) is 63.1. The molecular formula is C61H100O6. The lowest BCUT2D eigenvalue weighted by molar-refractivity contribution is -0.167. The number of ether oxygens (including phenoxy) is 3. The molecule has 1 atom stereocenters. The van der Waals surface area contributed by atoms with Gasteiger partial charge in [-0.3, -0.25) is 14.4 Å². The van der Waals surface area contributed by atoms with E-state index >= 15 is 0 Å². The van der Waals surface area contributed by atoms with Gasteiger partial charge in [-0.15, -0.1) is 0 Å². The predicted octanol–water partition coefficient (Wildman–Crippen LogP) is 18.3. The van der Waals surface area contributed by atoms with Gasteiger partial charge in [-0.05, 0) is 96.3 Å². The number of carbonyl (C=O) groups is 3. The molecule has 0 N–H and O–H groups in total. The quantitative estimate of drug-likeness (QED) is 0.0262. The number of hydrogen-bond donors (Lipinski definition) is 0. The van der Waals surface area contributed by atoms with Crippen LogP contribution in [0, 0.1) is 0 Å². The first-order valence-corrected chi connectivity index (χ1v) is 27.4. The van der Waals surface area contributed by atoms with Crippen LogP contribution < -0.4 is 0 Å². The first-order valence-electron chi connectivity index (χ1n) is 27.4. The summed E-state index contributed by atoms with van der Waals surface area (Å²) in [5.41, 5.74) is 0. The zero-order chi connectivity index (χ0) is 48.6. The standard InChI is InChI=1S/C61H100O6/c1-4-7-10-13-16-19-21-23-25-27-28-29-30-31-32-34-35-37-39-42-45-48-51-54-60(63)66-57-58(56-65-59(62)53-50-47-44-41-18-15-12-9-6-3)67-61(64)55-52-49-46-43-40-38-36-33-26-24-22-20-17-14-11-8-5-2/h7-8,10-11,16-17,19-20,23-26,28-29,36,38,43,46,58H,4-6,9,12-15,18,21-22,27,30-35,37,39-42,44-45,47-57H2,1-3H3/b10-7-,11-8-,19-16-,20-17-,25-23-,26-24-,29-28-,38-36-,46-43-. The van der Waals surface area contributed by atoms with Crippen LogP contribution in [0.2, 0.25) is 0 Å². The van der Waals surface area contributed by atoms with Gasteiger partial charge in [0, 0.05) is 19.3 Å². The van der Waals surface area contributed by atoms with Crippen LogP contribution in [0.3, 0.4) is 0 Å². The number of hydrogen-bond acceptors (Lipinski definition) is 6. The Morgan fingerprint density at radius 3 is 0.955 bits per heavy atom. The van der Waals surface area contributed by atoms with Gasteiger partial charge in [0.2, 0.25) is 0 Å². The van der Waals surface area contributed by atoms with Crippen LogP contribution in [-0.4, -0.2) is 37.2 Å². The number of rotatable bonds is 48. The summed E-state index contributed by atoms with van der Waals surface area (Å²) < 4.78 is 16.7. The summed E-state index contributed by atoms with van der Waals surface area (Å²) in [5.74, 6) is -0.970. The van der Waals surface area contributed by atoms with Crippen molar-refractivity contribution < 1.29 is 28.6 Å². The third kappa shape index (κ3) is 52.9. The molecule has 67 heavy (non-hydrogen) atoms. The molecule has 0 aliphatic rings. The summed E-state index contributed by atoms with van der Waals surface area (Å²) in [6.45, 7) is 6.34. The average Bonchev–Trinajstić information content (AvgIpc) is 3.33. The Morgan fingerprint density at radius 2 is 0.597 bits per heavy atom. The molecule has 0 fully saturated rings. The summed E-state index contributed by atoms with van der Waals surface area (Å²) in [7, 11) is 0. The van der Waals surface area contributed by atoms with Crippen molar-refractivity contribution in [2.45, 2.75) is 245 Å². The molecule has 0 saturated heterocycles. The van der Waals surface area contributed by atoms with Gasteiger partial charge in [0.25, 0.3) is 0 Å². The van der Waals surface area contributed by atoms with E-state index in [1.165, 1.54) is 89.9 Å². The Bertz CT molecular complexity index is 1390. The summed E-state index contributed by atoms with van der Waals surface area (Å²) >= 11 is 0. The van der Waals surface area contributed by atoms with Crippen molar-refractivity contribution in [2.24, 2.45) is 0 Å². The summed E-state index contributed by atoms with van der Waals surface area (Å²) in [6, 6.07) is 0. The van der Waals surface area contributed by atoms with Crippen LogP contribution in [0.15, 0.2) is 109 Å². The molecule has 0 bridgehead atoms. The minimum absolute atomic E-state index is 0.102. The van der Waals surface area contributed by atoms with Crippen molar-refractivity contribution in [1.82, 2.24) is 0 Å². The smallest absolute Gasteiger partial charge is 0.306 e. The topological polar surface area (TPSA) is 78.9 Å². The predicted molar refractivity (Wildman–Crippen MR) is 288 cm³/mol. The molecule has 0 aliphatic heterocycles. The van der Waals surface area contributed by atoms with E-state index < -0.39 is 6.10 Å². The van der Waals surface area contributed by atoms with Crippen molar-refractivity contribution in [2.75, 3.05) is 13.2 Å². The second-order valence-electron chi connectivity index (χ2n) is 17.7. The molecule has 0 saturated carbocycles. The van der Waals surface area contributed by atoms with Crippen LogP contribution in [-0.2, 0) is 28.6 Å². The zero-order valence-corrected chi connectivity index (χ0v) is 43.4. The number of unbranched alkanes of at least 4 members (excludes halogenated alkanes) is 19. The second kappa shape index (κ2) is 54.7. The fourth-order valence-corrected chi connectivity index (χ4v) is 7.23. The Balaban J connectivity index is 4.36. The Morgan fingerprint density at radius 1 is 0.313 bits per heavy atom. The molecule has 6 nitrogen and oxygen atoms in total. The molecule has 6 heteroatoms. The van der Waals surface area contributed by atoms with E-state index in [1.54, 1.807) is 0 Å². The monoisotopic (exact) mass is 929 g/mol. The molecule has 380 valence electrons. The van der Waals surface area contributed by atoms with Crippen LogP contribution >= 0.6 is 0 Å². The third-order valence-electron chi connectivity index (χ3n) is 11.3. The van der Waals surface area contributed by atoms with Gasteiger partial charge in [-0.1, -0.05) is 233 Å². The molecule has 0 spiro atoms. The van der Waals surface area contributed by atoms with Crippen LogP contribution in [0.25, 0.3) is 0 Å². The fraction of sp³-hybridized carbons (Fsp3) is 0.656. The van der Waals surface area contributed by atoms with Crippen LogP contribution in [0.1, 0.15) is 239 Å². The van der Waals surface area contributed by atoms with Gasteiger partial charge in [0.15, 0.2) is 6.10 Å². The lowest BCUT2D eigenvalue weighted by atomic mass is 10.1. The zero-order valence-electron chi connectivity index (χ0n) is 43.4. The van der Waals surface area contributed by atoms with Crippen molar-refractivity contribution in [3.8, 4) is 0 Å². The summed E-state index contributed by atoms with van der Waals surface area (Å²) in [4.78, 5) is 38.0. The molecule has 0 amide bonds. The number of carbonyl (C=O) groups excluding carboxylic acids is 3. The molecule has 0 heterocycles. The van der Waals surface area contributed by atoms with Crippen LogP contribution in [0.4, 0.5) is 0 Å². The van der Waals surface area contributed by atoms with E-state index in [9.17, 15) is 14.4 Å². The maximum Gasteiger partial charge on any atom is 0.306 e. The second-order valence-corrected chi connectivity index (χ2v) is 17.7. The Kier molecular flexibility index (Phi) is 51.5. The minimum atomic E-state index is -0.808. The van der Waals surface area contributed by atoms with Gasteiger partial charge in [0.05, 0.1) is 0 Å². The third-order valence-corrected chi connectivity index (χ3v) is 11.3. The average molecular weight is 929 g/mol. The van der Waals surface area contributed by atoms with E-state index in [4.69, 9.17) is 14.2 Å². The van der Waals surface area contributed by atoms with E-state index in [1.807, 2.05) is 0 Å². The minimum Gasteiger partial charge on any atom is -0.462 e. The molecule has 0 aromatic heterocycles.